The van der Waals surface area contributed by atoms with Crippen LogP contribution in [0.5, 0.6) is 5.75 Å². The second kappa shape index (κ2) is 3.52. The molecule has 80 valence electrons. The first-order valence-electron chi connectivity index (χ1n) is 4.51. The Hall–Kier alpha value is -1.59. The quantitative estimate of drug-likeness (QED) is 0.654. The number of rotatable bonds is 1. The number of aliphatic hydroxyl groups is 1. The molecule has 0 aliphatic carbocycles. The van der Waals surface area contributed by atoms with Gasteiger partial charge in [-0.1, -0.05) is 0 Å². The number of hydrogen-bond donors (Lipinski definition) is 2. The molecule has 1 amide bonds. The van der Waals surface area contributed by atoms with E-state index in [2.05, 4.69) is 0 Å². The molecule has 0 bridgehead atoms. The molecular formula is C10H11NO4. The Morgan fingerprint density at radius 1 is 1.53 bits per heavy atom. The molecule has 0 fully saturated rings. The molecule has 0 saturated carbocycles. The predicted octanol–water partition coefficient (Wildman–Crippen LogP) is 0.334. The first-order valence-corrected chi connectivity index (χ1v) is 4.51. The van der Waals surface area contributed by atoms with E-state index in [0.717, 1.165) is 0 Å². The summed E-state index contributed by atoms with van der Waals surface area (Å²) in [5.74, 6) is -0.0728. The summed E-state index contributed by atoms with van der Waals surface area (Å²) in [4.78, 5) is 11.2. The molecule has 5 heteroatoms. The fourth-order valence-electron chi connectivity index (χ4n) is 1.61. The lowest BCUT2D eigenvalue weighted by molar-refractivity contribution is -0.132. The number of anilines is 1. The maximum Gasteiger partial charge on any atom is 0.279 e. The Balaban J connectivity index is 2.45. The molecular weight excluding hydrogens is 198 g/mol. The fraction of sp³-hybridized carbons (Fsp3) is 0.300. The average Bonchev–Trinajstić information content (AvgIpc) is 2.25. The van der Waals surface area contributed by atoms with Crippen LogP contribution in [-0.4, -0.2) is 29.4 Å². The zero-order chi connectivity index (χ0) is 11.0. The van der Waals surface area contributed by atoms with Gasteiger partial charge in [-0.25, -0.2) is 0 Å². The van der Waals surface area contributed by atoms with Crippen LogP contribution in [0.4, 0.5) is 5.69 Å². The first kappa shape index (κ1) is 9.95. The molecule has 2 N–H and O–H groups in total. The zero-order valence-electron chi connectivity index (χ0n) is 8.17. The Morgan fingerprint density at radius 3 is 2.93 bits per heavy atom. The number of amides is 1. The molecule has 1 unspecified atom stereocenters. The van der Waals surface area contributed by atoms with Crippen molar-refractivity contribution < 1.29 is 19.8 Å². The second-order valence-electron chi connectivity index (χ2n) is 3.36. The number of aliphatic hydroxyl groups excluding tert-OH is 1. The van der Waals surface area contributed by atoms with E-state index in [4.69, 9.17) is 4.74 Å². The minimum atomic E-state index is -1.19. The largest absolute Gasteiger partial charge is 0.497 e. The number of nitrogens with zero attached hydrogens (tertiary/aromatic N) is 1. The topological polar surface area (TPSA) is 70.0 Å². The van der Waals surface area contributed by atoms with Crippen molar-refractivity contribution in [3.63, 3.8) is 0 Å². The minimum Gasteiger partial charge on any atom is -0.497 e. The molecule has 0 radical (unpaired) electrons. The highest BCUT2D eigenvalue weighted by Gasteiger charge is 2.30. The SMILES string of the molecule is COc1ccc2c(c1)CC(O)C(=O)N2O. The summed E-state index contributed by atoms with van der Waals surface area (Å²) in [6.45, 7) is 0. The number of ether oxygens (including phenoxy) is 1. The summed E-state index contributed by atoms with van der Waals surface area (Å²) < 4.78 is 5.01. The lowest BCUT2D eigenvalue weighted by atomic mass is 10.0. The van der Waals surface area contributed by atoms with Gasteiger partial charge in [0.25, 0.3) is 5.91 Å². The molecule has 1 aromatic carbocycles. The first-order chi connectivity index (χ1) is 7.13. The van der Waals surface area contributed by atoms with E-state index >= 15 is 0 Å². The maximum absolute atomic E-state index is 11.2. The van der Waals surface area contributed by atoms with Gasteiger partial charge in [0.2, 0.25) is 0 Å². The van der Waals surface area contributed by atoms with Crippen LogP contribution >= 0.6 is 0 Å². The van der Waals surface area contributed by atoms with Crippen molar-refractivity contribution in [2.45, 2.75) is 12.5 Å². The van der Waals surface area contributed by atoms with Crippen molar-refractivity contribution in [3.8, 4) is 5.75 Å². The van der Waals surface area contributed by atoms with Gasteiger partial charge in [0.1, 0.15) is 11.9 Å². The van der Waals surface area contributed by atoms with Crippen molar-refractivity contribution in [2.24, 2.45) is 0 Å². The van der Waals surface area contributed by atoms with Crippen LogP contribution in [0.1, 0.15) is 5.56 Å². The van der Waals surface area contributed by atoms with E-state index in [0.29, 0.717) is 22.1 Å². The highest BCUT2D eigenvalue weighted by atomic mass is 16.5. The van der Waals surface area contributed by atoms with Crippen molar-refractivity contribution in [3.05, 3.63) is 23.8 Å². The van der Waals surface area contributed by atoms with Crippen LogP contribution in [0.15, 0.2) is 18.2 Å². The maximum atomic E-state index is 11.2. The van der Waals surface area contributed by atoms with Gasteiger partial charge in [-0.15, -0.1) is 0 Å². The standard InChI is InChI=1S/C10H11NO4/c1-15-7-2-3-8-6(4-7)5-9(12)10(13)11(8)14/h2-4,9,12,14H,5H2,1H3. The van der Waals surface area contributed by atoms with Gasteiger partial charge in [0, 0.05) is 6.42 Å². The zero-order valence-corrected chi connectivity index (χ0v) is 8.17. The Kier molecular flexibility index (Phi) is 2.34. The molecule has 0 saturated heterocycles. The Bertz CT molecular complexity index is 404. The molecule has 5 nitrogen and oxygen atoms in total. The fourth-order valence-corrected chi connectivity index (χ4v) is 1.61. The monoisotopic (exact) mass is 209 g/mol. The van der Waals surface area contributed by atoms with Gasteiger partial charge >= 0.3 is 0 Å². The van der Waals surface area contributed by atoms with Crippen molar-refractivity contribution in [1.82, 2.24) is 0 Å². The number of carbonyl (C=O) groups is 1. The minimum absolute atomic E-state index is 0.197. The number of methoxy groups -OCH3 is 1. The summed E-state index contributed by atoms with van der Waals surface area (Å²) >= 11 is 0. The summed E-state index contributed by atoms with van der Waals surface area (Å²) in [6, 6.07) is 4.92. The molecule has 1 atom stereocenters. The van der Waals surface area contributed by atoms with Gasteiger partial charge in [-0.05, 0) is 23.8 Å². The van der Waals surface area contributed by atoms with Gasteiger partial charge in [0.05, 0.1) is 12.8 Å². The van der Waals surface area contributed by atoms with Crippen LogP contribution < -0.4 is 9.80 Å². The highest BCUT2D eigenvalue weighted by molar-refractivity contribution is 5.97. The third-order valence-corrected chi connectivity index (χ3v) is 2.42. The number of carbonyl (C=O) groups excluding carboxylic acids is 1. The summed E-state index contributed by atoms with van der Waals surface area (Å²) in [5, 5.41) is 19.3. The number of fused-ring (bicyclic) bond motifs is 1. The van der Waals surface area contributed by atoms with Gasteiger partial charge in [-0.2, -0.15) is 5.06 Å². The van der Waals surface area contributed by atoms with E-state index in [1.54, 1.807) is 18.2 Å². The van der Waals surface area contributed by atoms with E-state index in [-0.39, 0.29) is 6.42 Å². The summed E-state index contributed by atoms with van der Waals surface area (Å²) in [5.41, 5.74) is 1.08. The predicted molar refractivity (Wildman–Crippen MR) is 52.0 cm³/mol. The van der Waals surface area contributed by atoms with Crippen LogP contribution in [0.2, 0.25) is 0 Å². The third-order valence-electron chi connectivity index (χ3n) is 2.42. The molecule has 15 heavy (non-hydrogen) atoms. The second-order valence-corrected chi connectivity index (χ2v) is 3.36. The van der Waals surface area contributed by atoms with Crippen LogP contribution in [0.3, 0.4) is 0 Å². The lowest BCUT2D eigenvalue weighted by Gasteiger charge is -2.27. The summed E-state index contributed by atoms with van der Waals surface area (Å²) in [7, 11) is 1.53. The van der Waals surface area contributed by atoms with Gasteiger partial charge < -0.3 is 9.84 Å². The van der Waals surface area contributed by atoms with E-state index in [1.165, 1.54) is 7.11 Å². The lowest BCUT2D eigenvalue weighted by Crippen LogP contribution is -2.42. The summed E-state index contributed by atoms with van der Waals surface area (Å²) in [6.07, 6.45) is -0.989. The van der Waals surface area contributed by atoms with Crippen molar-refractivity contribution in [1.29, 1.82) is 0 Å². The molecule has 1 aliphatic rings. The van der Waals surface area contributed by atoms with E-state index in [1.807, 2.05) is 0 Å². The van der Waals surface area contributed by atoms with Crippen LogP contribution in [0, 0.1) is 0 Å². The van der Waals surface area contributed by atoms with E-state index in [9.17, 15) is 15.1 Å². The average molecular weight is 209 g/mol. The molecule has 0 aromatic heterocycles. The van der Waals surface area contributed by atoms with Crippen molar-refractivity contribution in [2.75, 3.05) is 12.2 Å². The Labute approximate surface area is 86.5 Å². The molecule has 1 aliphatic heterocycles. The number of hydroxylamine groups is 1. The normalized spacial score (nSPS) is 20.1. The number of hydrogen-bond acceptors (Lipinski definition) is 4. The van der Waals surface area contributed by atoms with Crippen molar-refractivity contribution >= 4 is 11.6 Å². The third kappa shape index (κ3) is 1.55. The highest BCUT2D eigenvalue weighted by Crippen LogP contribution is 2.29. The number of benzene rings is 1. The molecule has 0 spiro atoms. The van der Waals surface area contributed by atoms with E-state index < -0.39 is 12.0 Å². The van der Waals surface area contributed by atoms with Crippen LogP contribution in [-0.2, 0) is 11.2 Å². The molecule has 1 aromatic rings. The molecule has 2 rings (SSSR count). The van der Waals surface area contributed by atoms with Crippen LogP contribution in [0.25, 0.3) is 0 Å². The molecule has 1 heterocycles. The van der Waals surface area contributed by atoms with Gasteiger partial charge in [0.15, 0.2) is 0 Å². The Morgan fingerprint density at radius 2 is 2.27 bits per heavy atom. The smallest absolute Gasteiger partial charge is 0.279 e. The van der Waals surface area contributed by atoms with Gasteiger partial charge in [-0.3, -0.25) is 10.0 Å².